The molecular weight excluding hydrogens is 394 g/mol. The second kappa shape index (κ2) is 8.52. The number of ether oxygens (including phenoxy) is 1. The molecule has 0 atom stereocenters. The summed E-state index contributed by atoms with van der Waals surface area (Å²) >= 11 is 0. The number of rotatable bonds is 5. The highest BCUT2D eigenvalue weighted by atomic mass is 16.5. The minimum atomic E-state index is 0.823. The van der Waals surface area contributed by atoms with E-state index < -0.39 is 0 Å². The number of methoxy groups -OCH3 is 1. The van der Waals surface area contributed by atoms with Crippen LogP contribution in [0.2, 0.25) is 0 Å². The fraction of sp³-hybridized carbons (Fsp3) is 0.0714. The van der Waals surface area contributed by atoms with Gasteiger partial charge in [0.2, 0.25) is 0 Å². The van der Waals surface area contributed by atoms with Gasteiger partial charge in [0.1, 0.15) is 5.75 Å². The Labute approximate surface area is 187 Å². The number of aromatic nitrogens is 1. The summed E-state index contributed by atoms with van der Waals surface area (Å²) in [7, 11) is 1.67. The average molecular weight is 418 g/mol. The number of aryl methyl sites for hydroxylation is 1. The van der Waals surface area contributed by atoms with Crippen LogP contribution in [0.4, 0.5) is 5.69 Å². The monoisotopic (exact) mass is 417 g/mol. The summed E-state index contributed by atoms with van der Waals surface area (Å²) < 4.78 is 5.31. The van der Waals surface area contributed by atoms with Gasteiger partial charge in [0.05, 0.1) is 30.2 Å². The fourth-order valence-electron chi connectivity index (χ4n) is 3.81. The van der Waals surface area contributed by atoms with Crippen LogP contribution in [0.3, 0.4) is 0 Å². The molecule has 1 N–H and O–H groups in total. The van der Waals surface area contributed by atoms with Crippen LogP contribution >= 0.6 is 0 Å². The van der Waals surface area contributed by atoms with Gasteiger partial charge in [0.15, 0.2) is 0 Å². The van der Waals surface area contributed by atoms with Crippen LogP contribution in [-0.4, -0.2) is 18.3 Å². The van der Waals surface area contributed by atoms with Crippen LogP contribution in [-0.2, 0) is 0 Å². The maximum atomic E-state index is 5.31. The summed E-state index contributed by atoms with van der Waals surface area (Å²) in [6.45, 7) is 2.07. The predicted molar refractivity (Wildman–Crippen MR) is 134 cm³/mol. The first-order valence-electron chi connectivity index (χ1n) is 10.5. The quantitative estimate of drug-likeness (QED) is 0.194. The van der Waals surface area contributed by atoms with Crippen molar-refractivity contribution in [3.8, 4) is 17.0 Å². The highest BCUT2D eigenvalue weighted by Crippen LogP contribution is 2.30. The lowest BCUT2D eigenvalue weighted by Crippen LogP contribution is -1.95. The van der Waals surface area contributed by atoms with Crippen molar-refractivity contribution in [1.29, 1.82) is 0 Å². The summed E-state index contributed by atoms with van der Waals surface area (Å²) in [5.41, 5.74) is 9.19. The van der Waals surface area contributed by atoms with E-state index >= 15 is 0 Å². The number of nitrogens with zero attached hydrogens (tertiary/aromatic N) is 2. The topological polar surface area (TPSA) is 46.5 Å². The largest absolute Gasteiger partial charge is 0.497 e. The first-order chi connectivity index (χ1) is 15.7. The first kappa shape index (κ1) is 19.8. The third kappa shape index (κ3) is 3.91. The third-order valence-electron chi connectivity index (χ3n) is 5.57. The molecule has 0 saturated heterocycles. The molecule has 0 saturated carbocycles. The number of fused-ring (bicyclic) bond motifs is 3. The van der Waals surface area contributed by atoms with Gasteiger partial charge in [-0.05, 0) is 54.8 Å². The van der Waals surface area contributed by atoms with Gasteiger partial charge in [0.25, 0.3) is 0 Å². The Morgan fingerprint density at radius 3 is 2.41 bits per heavy atom. The van der Waals surface area contributed by atoms with Crippen molar-refractivity contribution < 1.29 is 4.74 Å². The van der Waals surface area contributed by atoms with Crippen molar-refractivity contribution in [3.63, 3.8) is 0 Å². The molecule has 156 valence electrons. The van der Waals surface area contributed by atoms with E-state index in [-0.39, 0.29) is 0 Å². The number of anilines is 1. The van der Waals surface area contributed by atoms with E-state index in [2.05, 4.69) is 72.0 Å². The molecule has 1 heterocycles. The summed E-state index contributed by atoms with van der Waals surface area (Å²) in [6.07, 6.45) is 1.87. The minimum Gasteiger partial charge on any atom is -0.497 e. The van der Waals surface area contributed by atoms with E-state index in [4.69, 9.17) is 9.72 Å². The molecule has 4 nitrogen and oxygen atoms in total. The number of pyridine rings is 1. The number of nitrogens with one attached hydrogen (secondary N) is 1. The molecule has 0 unspecified atom stereocenters. The van der Waals surface area contributed by atoms with Gasteiger partial charge in [-0.3, -0.25) is 5.43 Å². The van der Waals surface area contributed by atoms with E-state index in [1.807, 2.05) is 42.6 Å². The van der Waals surface area contributed by atoms with Crippen LogP contribution in [0, 0.1) is 6.92 Å². The standard InChI is InChI=1S/C28H23N3O/c1-19-7-12-23(13-8-19)31-29-18-22-17-27(21-9-14-24(32-2)15-10-21)30-28-25-6-4-3-5-20(25)11-16-26(22)28/h3-18,31H,1-2H3. The molecule has 5 rings (SSSR count). The zero-order chi connectivity index (χ0) is 21.9. The van der Waals surface area contributed by atoms with Crippen LogP contribution in [0.15, 0.2) is 96.1 Å². The highest BCUT2D eigenvalue weighted by molar-refractivity contribution is 6.11. The summed E-state index contributed by atoms with van der Waals surface area (Å²) in [5.74, 6) is 0.823. The molecule has 0 spiro atoms. The Morgan fingerprint density at radius 1 is 0.844 bits per heavy atom. The predicted octanol–water partition coefficient (Wildman–Crippen LogP) is 6.82. The number of hydrazone groups is 1. The SMILES string of the molecule is COc1ccc(-c2cc(C=NNc3ccc(C)cc3)c3ccc4ccccc4c3n2)cc1. The molecule has 4 aromatic carbocycles. The second-order valence-electron chi connectivity index (χ2n) is 7.74. The highest BCUT2D eigenvalue weighted by Gasteiger charge is 2.10. The minimum absolute atomic E-state index is 0.823. The Morgan fingerprint density at radius 2 is 1.62 bits per heavy atom. The molecule has 0 aliphatic carbocycles. The van der Waals surface area contributed by atoms with Gasteiger partial charge in [-0.25, -0.2) is 4.98 Å². The lowest BCUT2D eigenvalue weighted by atomic mass is 10.0. The molecule has 5 aromatic rings. The lowest BCUT2D eigenvalue weighted by molar-refractivity contribution is 0.415. The van der Waals surface area contributed by atoms with Gasteiger partial charge in [-0.15, -0.1) is 0 Å². The average Bonchev–Trinajstić information content (AvgIpc) is 2.85. The van der Waals surface area contributed by atoms with Crippen LogP contribution in [0.1, 0.15) is 11.1 Å². The zero-order valence-corrected chi connectivity index (χ0v) is 18.0. The molecule has 0 bridgehead atoms. The molecule has 0 radical (unpaired) electrons. The Bertz CT molecular complexity index is 1420. The lowest BCUT2D eigenvalue weighted by Gasteiger charge is -2.10. The van der Waals surface area contributed by atoms with Crippen molar-refractivity contribution in [1.82, 2.24) is 4.98 Å². The maximum absolute atomic E-state index is 5.31. The van der Waals surface area contributed by atoms with Crippen molar-refractivity contribution >= 4 is 33.6 Å². The van der Waals surface area contributed by atoms with Crippen molar-refractivity contribution in [2.24, 2.45) is 5.10 Å². The zero-order valence-electron chi connectivity index (χ0n) is 18.0. The van der Waals surface area contributed by atoms with E-state index in [0.717, 1.165) is 44.5 Å². The number of hydrogen-bond acceptors (Lipinski definition) is 4. The normalized spacial score (nSPS) is 11.3. The first-order valence-corrected chi connectivity index (χ1v) is 10.5. The van der Waals surface area contributed by atoms with Crippen molar-refractivity contribution in [2.75, 3.05) is 12.5 Å². The van der Waals surface area contributed by atoms with Gasteiger partial charge in [-0.2, -0.15) is 5.10 Å². The molecule has 32 heavy (non-hydrogen) atoms. The molecule has 0 aliphatic rings. The molecule has 0 amide bonds. The van der Waals surface area contributed by atoms with E-state index in [9.17, 15) is 0 Å². The Kier molecular flexibility index (Phi) is 5.26. The molecule has 0 fully saturated rings. The number of hydrogen-bond donors (Lipinski definition) is 1. The Balaban J connectivity index is 1.63. The second-order valence-corrected chi connectivity index (χ2v) is 7.74. The van der Waals surface area contributed by atoms with E-state index in [1.165, 1.54) is 10.9 Å². The molecule has 1 aromatic heterocycles. The third-order valence-corrected chi connectivity index (χ3v) is 5.57. The maximum Gasteiger partial charge on any atom is 0.118 e. The fourth-order valence-corrected chi connectivity index (χ4v) is 3.81. The molecule has 4 heteroatoms. The summed E-state index contributed by atoms with van der Waals surface area (Å²) in [5, 5.41) is 7.87. The van der Waals surface area contributed by atoms with Gasteiger partial charge in [-0.1, -0.05) is 54.1 Å². The summed E-state index contributed by atoms with van der Waals surface area (Å²) in [6, 6.07) is 30.8. The van der Waals surface area contributed by atoms with Crippen LogP contribution < -0.4 is 10.2 Å². The summed E-state index contributed by atoms with van der Waals surface area (Å²) in [4.78, 5) is 5.04. The molecular formula is C28H23N3O. The number of benzene rings is 4. The smallest absolute Gasteiger partial charge is 0.118 e. The molecule has 0 aliphatic heterocycles. The van der Waals surface area contributed by atoms with Crippen molar-refractivity contribution in [2.45, 2.75) is 6.92 Å². The van der Waals surface area contributed by atoms with Gasteiger partial charge >= 0.3 is 0 Å². The van der Waals surface area contributed by atoms with E-state index in [1.54, 1.807) is 7.11 Å². The Hall–Kier alpha value is -4.18. The van der Waals surface area contributed by atoms with Gasteiger partial charge < -0.3 is 4.74 Å². The van der Waals surface area contributed by atoms with Crippen LogP contribution in [0.25, 0.3) is 32.9 Å². The van der Waals surface area contributed by atoms with Crippen molar-refractivity contribution in [3.05, 3.63) is 102 Å². The van der Waals surface area contributed by atoms with Crippen LogP contribution in [0.5, 0.6) is 5.75 Å². The van der Waals surface area contributed by atoms with E-state index in [0.29, 0.717) is 0 Å². The van der Waals surface area contributed by atoms with Gasteiger partial charge in [0, 0.05) is 21.9 Å².